The second-order valence-electron chi connectivity index (χ2n) is 7.83. The Balaban J connectivity index is 1.89. The molecule has 0 bridgehead atoms. The summed E-state index contributed by atoms with van der Waals surface area (Å²) in [5.74, 6) is 1.30. The van der Waals surface area contributed by atoms with Gasteiger partial charge in [0.1, 0.15) is 16.5 Å². The normalized spacial score (nSPS) is 16.0. The van der Waals surface area contributed by atoms with E-state index in [-0.39, 0.29) is 6.10 Å². The molecule has 8 heteroatoms. The summed E-state index contributed by atoms with van der Waals surface area (Å²) in [6.07, 6.45) is 5.64. The van der Waals surface area contributed by atoms with Crippen LogP contribution in [0.1, 0.15) is 26.2 Å². The number of halogens is 1. The van der Waals surface area contributed by atoms with Gasteiger partial charge in [0.2, 0.25) is 0 Å². The molecule has 6 nitrogen and oxygen atoms in total. The van der Waals surface area contributed by atoms with Crippen molar-refractivity contribution in [3.05, 3.63) is 35.4 Å². The van der Waals surface area contributed by atoms with E-state index in [4.69, 9.17) is 30.9 Å². The molecule has 1 aromatic carbocycles. The van der Waals surface area contributed by atoms with Gasteiger partial charge < -0.3 is 19.1 Å². The number of benzene rings is 1. The number of thioether (sulfide) groups is 1. The van der Waals surface area contributed by atoms with Crippen LogP contribution in [0.4, 0.5) is 5.69 Å². The van der Waals surface area contributed by atoms with Gasteiger partial charge in [0.05, 0.1) is 42.8 Å². The molecule has 3 heterocycles. The summed E-state index contributed by atoms with van der Waals surface area (Å²) >= 11 is 7.95. The number of methoxy groups -OCH3 is 2. The van der Waals surface area contributed by atoms with Crippen molar-refractivity contribution in [3.63, 3.8) is 0 Å². The van der Waals surface area contributed by atoms with Crippen molar-refractivity contribution in [2.45, 2.75) is 37.3 Å². The van der Waals surface area contributed by atoms with Gasteiger partial charge >= 0.3 is 0 Å². The number of aromatic nitrogens is 2. The van der Waals surface area contributed by atoms with Gasteiger partial charge in [0.25, 0.3) is 0 Å². The maximum Gasteiger partial charge on any atom is 0.142 e. The van der Waals surface area contributed by atoms with Gasteiger partial charge in [0, 0.05) is 24.7 Å². The maximum atomic E-state index is 6.29. The molecule has 0 aliphatic carbocycles. The molecular formula is C24H30ClN3O3S. The van der Waals surface area contributed by atoms with Gasteiger partial charge in [-0.25, -0.2) is 4.52 Å². The molecule has 172 valence electrons. The minimum atomic E-state index is 0.269. The van der Waals surface area contributed by atoms with Crippen molar-refractivity contribution in [1.29, 1.82) is 0 Å². The first-order valence-electron chi connectivity index (χ1n) is 10.9. The topological polar surface area (TPSA) is 48.2 Å². The zero-order valence-electron chi connectivity index (χ0n) is 19.1. The standard InChI is InChI=1S/C24H30ClN3O3S/c1-5-11-27(15-17-8-7-12-31-17)23-19-10-6-9-18(28(19)26-24(23)32-4)22-20(29-2)13-16(25)14-21(22)30-3/h6,9-10,13-14,17H,5,7-8,11-12,15H2,1-4H3. The lowest BCUT2D eigenvalue weighted by Crippen LogP contribution is -2.33. The third kappa shape index (κ3) is 4.38. The Bertz CT molecular complexity index is 1060. The molecule has 3 aromatic rings. The molecule has 1 fully saturated rings. The molecule has 1 unspecified atom stereocenters. The molecule has 1 atom stereocenters. The van der Waals surface area contributed by atoms with Gasteiger partial charge in [-0.15, -0.1) is 11.8 Å². The van der Waals surface area contributed by atoms with Crippen LogP contribution in [-0.2, 0) is 4.74 Å². The number of hydrogen-bond donors (Lipinski definition) is 0. The van der Waals surface area contributed by atoms with E-state index in [9.17, 15) is 0 Å². The quantitative estimate of drug-likeness (QED) is 0.365. The highest BCUT2D eigenvalue weighted by atomic mass is 35.5. The molecule has 0 saturated carbocycles. The van der Waals surface area contributed by atoms with Crippen LogP contribution in [0.15, 0.2) is 35.4 Å². The van der Waals surface area contributed by atoms with Gasteiger partial charge in [-0.05, 0) is 49.8 Å². The summed E-state index contributed by atoms with van der Waals surface area (Å²) in [5, 5.41) is 6.57. The van der Waals surface area contributed by atoms with E-state index >= 15 is 0 Å². The molecule has 2 aromatic heterocycles. The lowest BCUT2D eigenvalue weighted by Gasteiger charge is -2.27. The monoisotopic (exact) mass is 475 g/mol. The molecule has 1 saturated heterocycles. The third-order valence-electron chi connectivity index (χ3n) is 5.78. The third-order valence-corrected chi connectivity index (χ3v) is 6.66. The zero-order valence-corrected chi connectivity index (χ0v) is 20.6. The van der Waals surface area contributed by atoms with Crippen LogP contribution in [-0.4, -0.2) is 55.9 Å². The van der Waals surface area contributed by atoms with Crippen molar-refractivity contribution in [1.82, 2.24) is 9.61 Å². The molecule has 1 aliphatic rings. The summed E-state index contributed by atoms with van der Waals surface area (Å²) < 4.78 is 19.3. The van der Waals surface area contributed by atoms with Crippen LogP contribution in [0.3, 0.4) is 0 Å². The minimum Gasteiger partial charge on any atom is -0.496 e. The number of ether oxygens (including phenoxy) is 3. The van der Waals surface area contributed by atoms with Crippen molar-refractivity contribution < 1.29 is 14.2 Å². The Labute approximate surface area is 198 Å². The number of fused-ring (bicyclic) bond motifs is 1. The molecule has 0 amide bonds. The highest BCUT2D eigenvalue weighted by molar-refractivity contribution is 7.98. The van der Waals surface area contributed by atoms with E-state index in [1.165, 1.54) is 0 Å². The van der Waals surface area contributed by atoms with Crippen LogP contribution in [0.5, 0.6) is 11.5 Å². The Morgan fingerprint density at radius 3 is 2.59 bits per heavy atom. The first-order valence-corrected chi connectivity index (χ1v) is 12.6. The highest BCUT2D eigenvalue weighted by Crippen LogP contribution is 2.43. The van der Waals surface area contributed by atoms with Crippen molar-refractivity contribution in [2.24, 2.45) is 0 Å². The molecule has 1 aliphatic heterocycles. The van der Waals surface area contributed by atoms with Crippen LogP contribution in [0.25, 0.3) is 16.8 Å². The summed E-state index contributed by atoms with van der Waals surface area (Å²) in [6.45, 7) is 4.89. The summed E-state index contributed by atoms with van der Waals surface area (Å²) in [5.41, 5.74) is 3.93. The predicted octanol–water partition coefficient (Wildman–Crippen LogP) is 5.79. The Morgan fingerprint density at radius 2 is 2.00 bits per heavy atom. The van der Waals surface area contributed by atoms with Crippen molar-refractivity contribution in [2.75, 3.05) is 45.1 Å². The number of nitrogens with zero attached hydrogens (tertiary/aromatic N) is 3. The molecule has 0 spiro atoms. The fraction of sp³-hybridized carbons (Fsp3) is 0.458. The van der Waals surface area contributed by atoms with Gasteiger partial charge in [-0.1, -0.05) is 24.6 Å². The first-order chi connectivity index (χ1) is 15.6. The summed E-state index contributed by atoms with van der Waals surface area (Å²) in [4.78, 5) is 2.43. The zero-order chi connectivity index (χ0) is 22.7. The summed E-state index contributed by atoms with van der Waals surface area (Å²) in [7, 11) is 3.28. The smallest absolute Gasteiger partial charge is 0.142 e. The van der Waals surface area contributed by atoms with Crippen molar-refractivity contribution >= 4 is 34.6 Å². The maximum absolute atomic E-state index is 6.29. The number of anilines is 1. The second-order valence-corrected chi connectivity index (χ2v) is 9.06. The van der Waals surface area contributed by atoms with Crippen molar-refractivity contribution in [3.8, 4) is 22.8 Å². The molecule has 32 heavy (non-hydrogen) atoms. The fourth-order valence-corrected chi connectivity index (χ4v) is 5.18. The first kappa shape index (κ1) is 23.1. The average Bonchev–Trinajstić information content (AvgIpc) is 3.45. The summed E-state index contributed by atoms with van der Waals surface area (Å²) in [6, 6.07) is 9.83. The van der Waals surface area contributed by atoms with E-state index in [2.05, 4.69) is 30.2 Å². The van der Waals surface area contributed by atoms with Crippen LogP contribution >= 0.6 is 23.4 Å². The lowest BCUT2D eigenvalue weighted by molar-refractivity contribution is 0.115. The molecule has 0 radical (unpaired) electrons. The minimum absolute atomic E-state index is 0.269. The Kier molecular flexibility index (Phi) is 7.38. The van der Waals surface area contributed by atoms with E-state index in [0.29, 0.717) is 16.5 Å². The second kappa shape index (κ2) is 10.2. The SMILES string of the molecule is CCCN(CC1CCCO1)c1c(SC)nn2c(-c3c(OC)cc(Cl)cc3OC)cccc12. The lowest BCUT2D eigenvalue weighted by atomic mass is 10.1. The molecule has 0 N–H and O–H groups in total. The number of pyridine rings is 1. The van der Waals surface area contributed by atoms with Crippen LogP contribution in [0.2, 0.25) is 5.02 Å². The van der Waals surface area contributed by atoms with E-state index in [1.807, 2.05) is 10.6 Å². The van der Waals surface area contributed by atoms with E-state index in [0.717, 1.165) is 66.4 Å². The van der Waals surface area contributed by atoms with Crippen LogP contribution in [0, 0.1) is 0 Å². The van der Waals surface area contributed by atoms with E-state index < -0.39 is 0 Å². The Hall–Kier alpha value is -2.09. The van der Waals surface area contributed by atoms with Crippen LogP contribution < -0.4 is 14.4 Å². The molecular weight excluding hydrogens is 446 g/mol. The largest absolute Gasteiger partial charge is 0.496 e. The van der Waals surface area contributed by atoms with Gasteiger partial charge in [0.15, 0.2) is 0 Å². The Morgan fingerprint density at radius 1 is 1.25 bits per heavy atom. The van der Waals surface area contributed by atoms with Gasteiger partial charge in [-0.2, -0.15) is 5.10 Å². The fourth-order valence-electron chi connectivity index (χ4n) is 4.39. The molecule has 4 rings (SSSR count). The van der Waals surface area contributed by atoms with E-state index in [1.54, 1.807) is 38.1 Å². The average molecular weight is 476 g/mol. The highest BCUT2D eigenvalue weighted by Gasteiger charge is 2.26. The van der Waals surface area contributed by atoms with Gasteiger partial charge in [-0.3, -0.25) is 0 Å². The number of hydrogen-bond acceptors (Lipinski definition) is 6. The predicted molar refractivity (Wildman–Crippen MR) is 132 cm³/mol. The number of rotatable bonds is 9.